The molecule has 1 unspecified atom stereocenters. The fraction of sp³-hybridized carbons (Fsp3) is 0.250. The Labute approximate surface area is 137 Å². The highest BCUT2D eigenvalue weighted by Gasteiger charge is 2.16. The molecule has 0 bridgehead atoms. The average molecular weight is 335 g/mol. The predicted octanol–water partition coefficient (Wildman–Crippen LogP) is 2.95. The molecule has 1 heterocycles. The molecule has 2 rings (SSSR count). The number of methoxy groups -OCH3 is 2. The second kappa shape index (κ2) is 7.15. The molecule has 1 aromatic carbocycles. The summed E-state index contributed by atoms with van der Waals surface area (Å²) >= 11 is 0.944. The minimum Gasteiger partial charge on any atom is -0.493 e. The molecular formula is C16H17NO5S. The highest BCUT2D eigenvalue weighted by Crippen LogP contribution is 2.30. The number of carbonyl (C=O) groups excluding carboxylic acids is 1. The van der Waals surface area contributed by atoms with Gasteiger partial charge in [0.25, 0.3) is 5.91 Å². The van der Waals surface area contributed by atoms with Gasteiger partial charge < -0.3 is 19.9 Å². The lowest BCUT2D eigenvalue weighted by atomic mass is 10.1. The fourth-order valence-corrected chi connectivity index (χ4v) is 2.80. The van der Waals surface area contributed by atoms with Gasteiger partial charge in [-0.15, -0.1) is 11.3 Å². The van der Waals surface area contributed by atoms with E-state index in [0.29, 0.717) is 16.4 Å². The quantitative estimate of drug-likeness (QED) is 0.848. The van der Waals surface area contributed by atoms with E-state index in [4.69, 9.17) is 14.6 Å². The molecule has 0 saturated carbocycles. The van der Waals surface area contributed by atoms with E-state index in [0.717, 1.165) is 16.9 Å². The first-order chi connectivity index (χ1) is 11.0. The minimum absolute atomic E-state index is 0.133. The topological polar surface area (TPSA) is 84.9 Å². The third kappa shape index (κ3) is 3.81. The Morgan fingerprint density at radius 3 is 2.30 bits per heavy atom. The van der Waals surface area contributed by atoms with Crippen molar-refractivity contribution in [1.29, 1.82) is 0 Å². The van der Waals surface area contributed by atoms with Crippen LogP contribution in [-0.4, -0.2) is 31.2 Å². The van der Waals surface area contributed by atoms with Crippen LogP contribution in [-0.2, 0) is 0 Å². The number of ether oxygens (including phenoxy) is 2. The van der Waals surface area contributed by atoms with Crippen LogP contribution in [0.15, 0.2) is 30.3 Å². The smallest absolute Gasteiger partial charge is 0.345 e. The van der Waals surface area contributed by atoms with E-state index in [9.17, 15) is 9.59 Å². The van der Waals surface area contributed by atoms with Gasteiger partial charge in [-0.3, -0.25) is 4.79 Å². The van der Waals surface area contributed by atoms with Gasteiger partial charge in [0.05, 0.1) is 25.1 Å². The van der Waals surface area contributed by atoms with Crippen molar-refractivity contribution >= 4 is 23.2 Å². The van der Waals surface area contributed by atoms with E-state index < -0.39 is 5.97 Å². The molecule has 7 heteroatoms. The van der Waals surface area contributed by atoms with Crippen LogP contribution >= 0.6 is 11.3 Å². The molecule has 2 N–H and O–H groups in total. The zero-order valence-corrected chi connectivity index (χ0v) is 13.8. The number of thiophene rings is 1. The number of rotatable bonds is 6. The molecule has 0 aliphatic heterocycles. The van der Waals surface area contributed by atoms with Crippen LogP contribution in [0.4, 0.5) is 0 Å². The van der Waals surface area contributed by atoms with E-state index in [1.807, 2.05) is 13.0 Å². The maximum Gasteiger partial charge on any atom is 0.345 e. The van der Waals surface area contributed by atoms with Crippen molar-refractivity contribution < 1.29 is 24.2 Å². The van der Waals surface area contributed by atoms with Crippen molar-refractivity contribution in [3.05, 3.63) is 45.6 Å². The monoisotopic (exact) mass is 335 g/mol. The lowest BCUT2D eigenvalue weighted by Crippen LogP contribution is -2.25. The number of nitrogens with one attached hydrogen (secondary N) is 1. The summed E-state index contributed by atoms with van der Waals surface area (Å²) in [6.07, 6.45) is 0. The molecule has 0 aliphatic carbocycles. The highest BCUT2D eigenvalue weighted by molar-refractivity contribution is 7.15. The van der Waals surface area contributed by atoms with Crippen LogP contribution in [0.2, 0.25) is 0 Å². The Kier molecular flexibility index (Phi) is 5.23. The van der Waals surface area contributed by atoms with Crippen LogP contribution in [0.5, 0.6) is 11.5 Å². The number of carbonyl (C=O) groups is 2. The van der Waals surface area contributed by atoms with Gasteiger partial charge in [0.2, 0.25) is 0 Å². The van der Waals surface area contributed by atoms with Crippen molar-refractivity contribution in [2.45, 2.75) is 13.0 Å². The normalized spacial score (nSPS) is 11.6. The van der Waals surface area contributed by atoms with Gasteiger partial charge in [-0.1, -0.05) is 6.07 Å². The van der Waals surface area contributed by atoms with Crippen molar-refractivity contribution in [3.8, 4) is 11.5 Å². The molecule has 0 radical (unpaired) electrons. The van der Waals surface area contributed by atoms with E-state index in [1.54, 1.807) is 26.4 Å². The molecule has 23 heavy (non-hydrogen) atoms. The molecular weight excluding hydrogens is 318 g/mol. The second-order valence-corrected chi connectivity index (χ2v) is 5.86. The Hall–Kier alpha value is -2.54. The van der Waals surface area contributed by atoms with Crippen molar-refractivity contribution in [2.24, 2.45) is 0 Å². The van der Waals surface area contributed by atoms with Crippen molar-refractivity contribution in [2.75, 3.05) is 14.2 Å². The highest BCUT2D eigenvalue weighted by atomic mass is 32.1. The maximum atomic E-state index is 12.2. The number of hydrogen-bond donors (Lipinski definition) is 2. The van der Waals surface area contributed by atoms with Crippen molar-refractivity contribution in [1.82, 2.24) is 5.32 Å². The summed E-state index contributed by atoms with van der Waals surface area (Å²) in [5.74, 6) is -0.165. The number of carboxylic acids is 1. The average Bonchev–Trinajstić information content (AvgIpc) is 3.04. The van der Waals surface area contributed by atoms with Crippen LogP contribution in [0.25, 0.3) is 0 Å². The van der Waals surface area contributed by atoms with Crippen LogP contribution in [0.1, 0.15) is 37.9 Å². The van der Waals surface area contributed by atoms with Crippen LogP contribution in [0, 0.1) is 0 Å². The molecule has 0 aliphatic rings. The number of aromatic carboxylic acids is 1. The molecule has 0 fully saturated rings. The first-order valence-corrected chi connectivity index (χ1v) is 7.63. The fourth-order valence-electron chi connectivity index (χ4n) is 2.05. The van der Waals surface area contributed by atoms with E-state index >= 15 is 0 Å². The third-order valence-electron chi connectivity index (χ3n) is 3.30. The third-order valence-corrected chi connectivity index (χ3v) is 4.37. The van der Waals surface area contributed by atoms with Gasteiger partial charge in [-0.2, -0.15) is 0 Å². The van der Waals surface area contributed by atoms with Gasteiger partial charge in [0.15, 0.2) is 11.5 Å². The Balaban J connectivity index is 2.12. The second-order valence-electron chi connectivity index (χ2n) is 4.78. The first-order valence-electron chi connectivity index (χ1n) is 6.82. The summed E-state index contributed by atoms with van der Waals surface area (Å²) in [6, 6.07) is 8.06. The lowest BCUT2D eigenvalue weighted by Gasteiger charge is -2.16. The lowest BCUT2D eigenvalue weighted by molar-refractivity contribution is 0.0702. The Morgan fingerprint density at radius 1 is 1.09 bits per heavy atom. The number of carboxylic acid groups (broad SMARTS) is 1. The number of hydrogen-bond acceptors (Lipinski definition) is 5. The van der Waals surface area contributed by atoms with Crippen LogP contribution in [0.3, 0.4) is 0 Å². The van der Waals surface area contributed by atoms with E-state index in [1.165, 1.54) is 12.1 Å². The molecule has 2 aromatic rings. The number of amides is 1. The van der Waals surface area contributed by atoms with Gasteiger partial charge >= 0.3 is 5.97 Å². The van der Waals surface area contributed by atoms with Gasteiger partial charge in [-0.25, -0.2) is 4.79 Å². The zero-order chi connectivity index (χ0) is 17.0. The largest absolute Gasteiger partial charge is 0.493 e. The first kappa shape index (κ1) is 16.8. The molecule has 6 nitrogen and oxygen atoms in total. The summed E-state index contributed by atoms with van der Waals surface area (Å²) in [7, 11) is 3.10. The number of benzene rings is 1. The molecule has 1 amide bonds. The molecule has 1 atom stereocenters. The summed E-state index contributed by atoms with van der Waals surface area (Å²) in [4.78, 5) is 23.5. The minimum atomic E-state index is -1.04. The van der Waals surface area contributed by atoms with Gasteiger partial charge in [0.1, 0.15) is 4.88 Å². The SMILES string of the molecule is COc1ccc(C(C)NC(=O)c2ccc(C(=O)O)s2)cc1OC. The standard InChI is InChI=1S/C16H17NO5S/c1-9(10-4-5-11(21-2)12(8-10)22-3)17-15(18)13-6-7-14(23-13)16(19)20/h4-9H,1-3H3,(H,17,18)(H,19,20). The van der Waals surface area contributed by atoms with Crippen molar-refractivity contribution in [3.63, 3.8) is 0 Å². The van der Waals surface area contributed by atoms with Gasteiger partial charge in [-0.05, 0) is 36.8 Å². The molecule has 1 aromatic heterocycles. The van der Waals surface area contributed by atoms with Crippen LogP contribution < -0.4 is 14.8 Å². The summed E-state index contributed by atoms with van der Waals surface area (Å²) < 4.78 is 10.4. The zero-order valence-electron chi connectivity index (χ0n) is 13.0. The maximum absolute atomic E-state index is 12.2. The Morgan fingerprint density at radius 2 is 1.74 bits per heavy atom. The summed E-state index contributed by atoms with van der Waals surface area (Å²) in [6.45, 7) is 1.84. The molecule has 0 spiro atoms. The summed E-state index contributed by atoms with van der Waals surface area (Å²) in [5, 5.41) is 11.7. The van der Waals surface area contributed by atoms with E-state index in [-0.39, 0.29) is 16.8 Å². The predicted molar refractivity (Wildman–Crippen MR) is 86.7 cm³/mol. The Bertz CT molecular complexity index is 725. The van der Waals surface area contributed by atoms with Gasteiger partial charge in [0, 0.05) is 0 Å². The molecule has 0 saturated heterocycles. The van der Waals surface area contributed by atoms with E-state index in [2.05, 4.69) is 5.32 Å². The summed E-state index contributed by atoms with van der Waals surface area (Å²) in [5.41, 5.74) is 0.853. The molecule has 122 valence electrons.